The van der Waals surface area contributed by atoms with Gasteiger partial charge in [0.05, 0.1) is 6.10 Å². The Bertz CT molecular complexity index is 417. The van der Waals surface area contributed by atoms with Gasteiger partial charge in [-0.2, -0.15) is 0 Å². The summed E-state index contributed by atoms with van der Waals surface area (Å²) in [5.74, 6) is 0.608. The molecule has 2 atom stereocenters. The van der Waals surface area contributed by atoms with Gasteiger partial charge in [0.1, 0.15) is 0 Å². The van der Waals surface area contributed by atoms with Crippen molar-refractivity contribution in [1.29, 1.82) is 0 Å². The lowest BCUT2D eigenvalue weighted by Crippen LogP contribution is -2.44. The monoisotopic (exact) mass is 340 g/mol. The molecule has 0 aliphatic heterocycles. The molecule has 1 fully saturated rings. The van der Waals surface area contributed by atoms with Gasteiger partial charge >= 0.3 is 0 Å². The van der Waals surface area contributed by atoms with Gasteiger partial charge in [0.25, 0.3) is 0 Å². The van der Waals surface area contributed by atoms with E-state index in [0.717, 1.165) is 30.3 Å². The summed E-state index contributed by atoms with van der Waals surface area (Å²) in [5, 5.41) is 9.42. The zero-order chi connectivity index (χ0) is 14.7. The van der Waals surface area contributed by atoms with Crippen molar-refractivity contribution in [3.63, 3.8) is 0 Å². The summed E-state index contributed by atoms with van der Waals surface area (Å²) in [4.78, 5) is 2.36. The van der Waals surface area contributed by atoms with E-state index >= 15 is 0 Å². The lowest BCUT2D eigenvalue weighted by atomic mass is 9.81. The Morgan fingerprint density at radius 3 is 2.45 bits per heavy atom. The predicted octanol–water partition coefficient (Wildman–Crippen LogP) is 2.93. The number of nitrogens with two attached hydrogens (primary N) is 1. The molecule has 1 aliphatic rings. The van der Waals surface area contributed by atoms with Gasteiger partial charge in [0.2, 0.25) is 0 Å². The minimum Gasteiger partial charge on any atom is -0.393 e. The Balaban J connectivity index is 2.08. The van der Waals surface area contributed by atoms with E-state index in [1.807, 2.05) is 0 Å². The smallest absolute Gasteiger partial charge is 0.0546 e. The molecular weight excluding hydrogens is 316 g/mol. The van der Waals surface area contributed by atoms with E-state index in [9.17, 15) is 5.11 Å². The second kappa shape index (κ2) is 7.03. The molecule has 20 heavy (non-hydrogen) atoms. The summed E-state index contributed by atoms with van der Waals surface area (Å²) in [5.41, 5.74) is 7.62. The highest BCUT2D eigenvalue weighted by Crippen LogP contribution is 2.32. The highest BCUT2D eigenvalue weighted by Gasteiger charge is 2.31. The van der Waals surface area contributed by atoms with Crippen LogP contribution in [0, 0.1) is 5.92 Å². The van der Waals surface area contributed by atoms with Gasteiger partial charge < -0.3 is 10.8 Å². The SMILES string of the molecule is CCC(N)C(c1ccc(Br)cc1)N(C)CC1CC(O)C1. The van der Waals surface area contributed by atoms with Crippen LogP contribution in [-0.4, -0.2) is 35.7 Å². The second-order valence-electron chi connectivity index (χ2n) is 6.00. The third kappa shape index (κ3) is 3.82. The molecule has 0 radical (unpaired) electrons. The first kappa shape index (κ1) is 16.0. The number of benzene rings is 1. The van der Waals surface area contributed by atoms with Crippen molar-refractivity contribution in [3.8, 4) is 0 Å². The number of halogens is 1. The van der Waals surface area contributed by atoms with E-state index in [4.69, 9.17) is 5.73 Å². The maximum absolute atomic E-state index is 9.42. The number of rotatable bonds is 6. The van der Waals surface area contributed by atoms with Crippen molar-refractivity contribution in [2.24, 2.45) is 11.7 Å². The fourth-order valence-corrected chi connectivity index (χ4v) is 3.35. The molecule has 2 rings (SSSR count). The van der Waals surface area contributed by atoms with E-state index in [1.54, 1.807) is 0 Å². The van der Waals surface area contributed by atoms with Crippen LogP contribution in [0.3, 0.4) is 0 Å². The molecule has 1 aromatic rings. The zero-order valence-electron chi connectivity index (χ0n) is 12.3. The molecule has 0 bridgehead atoms. The van der Waals surface area contributed by atoms with Crippen LogP contribution in [0.5, 0.6) is 0 Å². The summed E-state index contributed by atoms with van der Waals surface area (Å²) in [6.07, 6.45) is 2.73. The summed E-state index contributed by atoms with van der Waals surface area (Å²) in [6.45, 7) is 3.14. The van der Waals surface area contributed by atoms with Crippen molar-refractivity contribution in [1.82, 2.24) is 4.90 Å². The van der Waals surface area contributed by atoms with Crippen molar-refractivity contribution < 1.29 is 5.11 Å². The highest BCUT2D eigenvalue weighted by molar-refractivity contribution is 9.10. The average molecular weight is 341 g/mol. The van der Waals surface area contributed by atoms with Crippen LogP contribution < -0.4 is 5.73 Å². The van der Waals surface area contributed by atoms with E-state index < -0.39 is 0 Å². The van der Waals surface area contributed by atoms with Gasteiger partial charge in [0.15, 0.2) is 0 Å². The summed E-state index contributed by atoms with van der Waals surface area (Å²) >= 11 is 3.48. The lowest BCUT2D eigenvalue weighted by Gasteiger charge is -2.39. The molecule has 4 heteroatoms. The van der Waals surface area contributed by atoms with E-state index in [-0.39, 0.29) is 18.2 Å². The normalized spacial score (nSPS) is 25.3. The van der Waals surface area contributed by atoms with Crippen LogP contribution in [0.2, 0.25) is 0 Å². The number of aliphatic hydroxyl groups is 1. The second-order valence-corrected chi connectivity index (χ2v) is 6.91. The topological polar surface area (TPSA) is 49.5 Å². The molecule has 0 aromatic heterocycles. The van der Waals surface area contributed by atoms with E-state index in [0.29, 0.717) is 5.92 Å². The van der Waals surface area contributed by atoms with Crippen molar-refractivity contribution in [2.75, 3.05) is 13.6 Å². The number of aliphatic hydroxyl groups excluding tert-OH is 1. The van der Waals surface area contributed by atoms with Crippen molar-refractivity contribution in [2.45, 2.75) is 44.4 Å². The van der Waals surface area contributed by atoms with Crippen LogP contribution in [0.15, 0.2) is 28.7 Å². The van der Waals surface area contributed by atoms with Gasteiger partial charge in [-0.15, -0.1) is 0 Å². The van der Waals surface area contributed by atoms with Gasteiger partial charge in [0, 0.05) is 23.1 Å². The number of likely N-dealkylation sites (N-methyl/N-ethyl adjacent to an activating group) is 1. The standard InChI is InChI=1S/C16H25BrN2O/c1-3-15(18)16(12-4-6-13(17)7-5-12)19(2)10-11-8-14(20)9-11/h4-7,11,14-16,20H,3,8-10,18H2,1-2H3. The molecule has 1 aromatic carbocycles. The van der Waals surface area contributed by atoms with Crippen molar-refractivity contribution in [3.05, 3.63) is 34.3 Å². The molecule has 3 N–H and O–H groups in total. The van der Waals surface area contributed by atoms with Gasteiger partial charge in [-0.05, 0) is 49.9 Å². The quantitative estimate of drug-likeness (QED) is 0.836. The molecule has 2 unspecified atom stereocenters. The Hall–Kier alpha value is -0.420. The van der Waals surface area contributed by atoms with Gasteiger partial charge in [-0.3, -0.25) is 4.90 Å². The Labute approximate surface area is 130 Å². The first-order valence-electron chi connectivity index (χ1n) is 7.40. The fraction of sp³-hybridized carbons (Fsp3) is 0.625. The Morgan fingerprint density at radius 2 is 1.95 bits per heavy atom. The minimum absolute atomic E-state index is 0.0839. The molecule has 0 spiro atoms. The first-order chi connectivity index (χ1) is 9.51. The maximum Gasteiger partial charge on any atom is 0.0546 e. The van der Waals surface area contributed by atoms with Crippen LogP contribution in [0.25, 0.3) is 0 Å². The first-order valence-corrected chi connectivity index (χ1v) is 8.20. The molecule has 1 saturated carbocycles. The summed E-state index contributed by atoms with van der Waals surface area (Å²) < 4.78 is 1.09. The Kier molecular flexibility index (Phi) is 5.61. The Morgan fingerprint density at radius 1 is 1.35 bits per heavy atom. The molecule has 3 nitrogen and oxygen atoms in total. The van der Waals surface area contributed by atoms with Crippen molar-refractivity contribution >= 4 is 15.9 Å². The maximum atomic E-state index is 9.42. The summed E-state index contributed by atoms with van der Waals surface area (Å²) in [7, 11) is 2.15. The molecule has 1 aliphatic carbocycles. The zero-order valence-corrected chi connectivity index (χ0v) is 13.9. The molecule has 112 valence electrons. The fourth-order valence-electron chi connectivity index (χ4n) is 3.08. The molecular formula is C16H25BrN2O. The third-order valence-corrected chi connectivity index (χ3v) is 4.85. The number of hydrogen-bond donors (Lipinski definition) is 2. The van der Waals surface area contributed by atoms with Crippen LogP contribution in [-0.2, 0) is 0 Å². The van der Waals surface area contributed by atoms with E-state index in [2.05, 4.69) is 59.1 Å². The summed E-state index contributed by atoms with van der Waals surface area (Å²) in [6, 6.07) is 8.82. The minimum atomic E-state index is -0.0839. The van der Waals surface area contributed by atoms with Gasteiger partial charge in [-0.1, -0.05) is 35.0 Å². The average Bonchev–Trinajstić information content (AvgIpc) is 2.39. The molecule has 0 saturated heterocycles. The predicted molar refractivity (Wildman–Crippen MR) is 86.5 cm³/mol. The lowest BCUT2D eigenvalue weighted by molar-refractivity contribution is 0.0197. The van der Waals surface area contributed by atoms with Crippen LogP contribution in [0.4, 0.5) is 0 Å². The van der Waals surface area contributed by atoms with E-state index in [1.165, 1.54) is 5.56 Å². The molecule has 0 amide bonds. The third-order valence-electron chi connectivity index (χ3n) is 4.32. The highest BCUT2D eigenvalue weighted by atomic mass is 79.9. The van der Waals surface area contributed by atoms with Crippen LogP contribution >= 0.6 is 15.9 Å². The molecule has 0 heterocycles. The van der Waals surface area contributed by atoms with Gasteiger partial charge in [-0.25, -0.2) is 0 Å². The van der Waals surface area contributed by atoms with Crippen LogP contribution in [0.1, 0.15) is 37.8 Å². The number of hydrogen-bond acceptors (Lipinski definition) is 3. The number of nitrogens with zero attached hydrogens (tertiary/aromatic N) is 1. The largest absolute Gasteiger partial charge is 0.393 e.